The van der Waals surface area contributed by atoms with E-state index in [1.807, 2.05) is 18.4 Å². The minimum atomic E-state index is -0.464. The molecule has 5 nitrogen and oxygen atoms in total. The highest BCUT2D eigenvalue weighted by Crippen LogP contribution is 2.25. The Morgan fingerprint density at radius 1 is 1.53 bits per heavy atom. The van der Waals surface area contributed by atoms with E-state index >= 15 is 0 Å². The fraction of sp³-hybridized carbons (Fsp3) is 0.0769. The lowest BCUT2D eigenvalue weighted by Gasteiger charge is -1.97. The van der Waals surface area contributed by atoms with Crippen LogP contribution < -0.4 is 0 Å². The second-order valence-corrected chi connectivity index (χ2v) is 4.64. The molecule has 1 aromatic carbocycles. The van der Waals surface area contributed by atoms with Crippen LogP contribution in [-0.2, 0) is 0 Å². The van der Waals surface area contributed by atoms with Crippen LogP contribution >= 0.6 is 11.3 Å². The number of nitrogens with zero attached hydrogens (tertiary/aromatic N) is 3. The SMILES string of the molecule is Cc1csc(C(C#N)=Cc2ccccc2[N+](=O)[O-])n1. The van der Waals surface area contributed by atoms with Gasteiger partial charge in [0.25, 0.3) is 5.69 Å². The number of rotatable bonds is 3. The quantitative estimate of drug-likeness (QED) is 0.486. The van der Waals surface area contributed by atoms with Crippen LogP contribution in [0.25, 0.3) is 11.6 Å². The monoisotopic (exact) mass is 271 g/mol. The number of thiazole rings is 1. The summed E-state index contributed by atoms with van der Waals surface area (Å²) in [6.07, 6.45) is 1.50. The van der Waals surface area contributed by atoms with Gasteiger partial charge in [0, 0.05) is 17.1 Å². The third-order valence-corrected chi connectivity index (χ3v) is 3.40. The van der Waals surface area contributed by atoms with Gasteiger partial charge in [0.1, 0.15) is 11.1 Å². The zero-order valence-electron chi connectivity index (χ0n) is 10.0. The number of aryl methyl sites for hydroxylation is 1. The molecule has 0 aliphatic carbocycles. The van der Waals surface area contributed by atoms with Gasteiger partial charge in [-0.15, -0.1) is 11.3 Å². The first-order valence-electron chi connectivity index (χ1n) is 5.39. The third kappa shape index (κ3) is 2.84. The van der Waals surface area contributed by atoms with Crippen molar-refractivity contribution in [2.24, 2.45) is 0 Å². The lowest BCUT2D eigenvalue weighted by Crippen LogP contribution is -1.91. The first kappa shape index (κ1) is 12.9. The molecule has 19 heavy (non-hydrogen) atoms. The Labute approximate surface area is 113 Å². The molecule has 1 aromatic heterocycles. The van der Waals surface area contributed by atoms with E-state index in [-0.39, 0.29) is 5.69 Å². The van der Waals surface area contributed by atoms with Gasteiger partial charge in [-0.2, -0.15) is 5.26 Å². The van der Waals surface area contributed by atoms with Crippen LogP contribution in [0.1, 0.15) is 16.3 Å². The van der Waals surface area contributed by atoms with Crippen molar-refractivity contribution in [1.82, 2.24) is 4.98 Å². The van der Waals surface area contributed by atoms with Crippen molar-refractivity contribution in [3.63, 3.8) is 0 Å². The maximum Gasteiger partial charge on any atom is 0.276 e. The summed E-state index contributed by atoms with van der Waals surface area (Å²) in [6.45, 7) is 1.83. The van der Waals surface area contributed by atoms with Crippen molar-refractivity contribution in [3.05, 3.63) is 56.0 Å². The Kier molecular flexibility index (Phi) is 3.68. The molecule has 6 heteroatoms. The highest BCUT2D eigenvalue weighted by Gasteiger charge is 2.13. The molecular weight excluding hydrogens is 262 g/mol. The van der Waals surface area contributed by atoms with Gasteiger partial charge in [-0.05, 0) is 19.1 Å². The van der Waals surface area contributed by atoms with Gasteiger partial charge in [-0.25, -0.2) is 4.98 Å². The van der Waals surface area contributed by atoms with Crippen molar-refractivity contribution >= 4 is 28.7 Å². The van der Waals surface area contributed by atoms with E-state index in [9.17, 15) is 10.1 Å². The van der Waals surface area contributed by atoms with E-state index in [1.54, 1.807) is 18.2 Å². The predicted molar refractivity (Wildman–Crippen MR) is 73.4 cm³/mol. The molecule has 94 valence electrons. The number of hydrogen-bond donors (Lipinski definition) is 0. The highest BCUT2D eigenvalue weighted by molar-refractivity contribution is 7.11. The Morgan fingerprint density at radius 3 is 2.84 bits per heavy atom. The summed E-state index contributed by atoms with van der Waals surface area (Å²) in [7, 11) is 0. The van der Waals surface area contributed by atoms with Crippen LogP contribution in [0.5, 0.6) is 0 Å². The number of benzene rings is 1. The molecule has 0 atom stereocenters. The van der Waals surface area contributed by atoms with E-state index in [2.05, 4.69) is 4.98 Å². The van der Waals surface area contributed by atoms with Crippen molar-refractivity contribution in [2.45, 2.75) is 6.92 Å². The van der Waals surface area contributed by atoms with E-state index in [0.29, 0.717) is 16.1 Å². The predicted octanol–water partition coefficient (Wildman–Crippen LogP) is 3.42. The molecule has 0 fully saturated rings. The van der Waals surface area contributed by atoms with Crippen molar-refractivity contribution in [2.75, 3.05) is 0 Å². The maximum absolute atomic E-state index is 10.9. The normalized spacial score (nSPS) is 11.1. The molecule has 0 bridgehead atoms. The third-order valence-electron chi connectivity index (χ3n) is 2.40. The molecule has 0 saturated carbocycles. The second-order valence-electron chi connectivity index (χ2n) is 3.78. The second kappa shape index (κ2) is 5.42. The van der Waals surface area contributed by atoms with E-state index < -0.39 is 4.92 Å². The lowest BCUT2D eigenvalue weighted by molar-refractivity contribution is -0.385. The number of para-hydroxylation sites is 1. The first-order valence-corrected chi connectivity index (χ1v) is 6.27. The smallest absolute Gasteiger partial charge is 0.258 e. The summed E-state index contributed by atoms with van der Waals surface area (Å²) >= 11 is 1.34. The van der Waals surface area contributed by atoms with Crippen LogP contribution in [-0.4, -0.2) is 9.91 Å². The molecule has 1 heterocycles. The average Bonchev–Trinajstić information content (AvgIpc) is 2.82. The fourth-order valence-electron chi connectivity index (χ4n) is 1.55. The molecule has 0 aliphatic heterocycles. The molecule has 0 aliphatic rings. The van der Waals surface area contributed by atoms with Crippen molar-refractivity contribution in [1.29, 1.82) is 5.26 Å². The summed E-state index contributed by atoms with van der Waals surface area (Å²) in [4.78, 5) is 14.7. The first-order chi connectivity index (χ1) is 9.11. The van der Waals surface area contributed by atoms with Gasteiger partial charge in [0.2, 0.25) is 0 Å². The van der Waals surface area contributed by atoms with E-state index in [4.69, 9.17) is 5.26 Å². The summed E-state index contributed by atoms with van der Waals surface area (Å²) in [6, 6.07) is 8.34. The van der Waals surface area contributed by atoms with Gasteiger partial charge in [0.05, 0.1) is 16.1 Å². The van der Waals surface area contributed by atoms with Gasteiger partial charge in [-0.1, -0.05) is 12.1 Å². The molecular formula is C13H9N3O2S. The molecule has 0 radical (unpaired) electrons. The zero-order chi connectivity index (χ0) is 13.8. The number of allylic oxidation sites excluding steroid dienone is 1. The molecule has 0 saturated heterocycles. The number of nitro benzene ring substituents is 1. The molecule has 0 spiro atoms. The van der Waals surface area contributed by atoms with Crippen LogP contribution in [0.3, 0.4) is 0 Å². The Hall–Kier alpha value is -2.52. The Bertz CT molecular complexity index is 698. The largest absolute Gasteiger partial charge is 0.276 e. The van der Waals surface area contributed by atoms with Crippen molar-refractivity contribution < 1.29 is 4.92 Å². The number of hydrogen-bond acceptors (Lipinski definition) is 5. The van der Waals surface area contributed by atoms with Gasteiger partial charge in [-0.3, -0.25) is 10.1 Å². The minimum Gasteiger partial charge on any atom is -0.258 e. The Morgan fingerprint density at radius 2 is 2.26 bits per heavy atom. The zero-order valence-corrected chi connectivity index (χ0v) is 10.8. The number of nitro groups is 1. The molecule has 2 rings (SSSR count). The average molecular weight is 271 g/mol. The maximum atomic E-state index is 10.9. The van der Waals surface area contributed by atoms with Crippen molar-refractivity contribution in [3.8, 4) is 6.07 Å². The summed E-state index contributed by atoms with van der Waals surface area (Å²) in [5.74, 6) is 0. The fourth-order valence-corrected chi connectivity index (χ4v) is 2.31. The standard InChI is InChI=1S/C13H9N3O2S/c1-9-8-19-13(15-9)11(7-14)6-10-4-2-3-5-12(10)16(17)18/h2-6,8H,1H3. The number of aromatic nitrogens is 1. The summed E-state index contributed by atoms with van der Waals surface area (Å²) in [5, 5.41) is 22.5. The van der Waals surface area contributed by atoms with E-state index in [0.717, 1.165) is 5.69 Å². The van der Waals surface area contributed by atoms with Gasteiger partial charge in [0.15, 0.2) is 0 Å². The molecule has 0 N–H and O–H groups in total. The molecule has 0 unspecified atom stereocenters. The Balaban J connectivity index is 2.50. The molecule has 2 aromatic rings. The lowest BCUT2D eigenvalue weighted by atomic mass is 10.1. The summed E-state index contributed by atoms with van der Waals surface area (Å²) in [5.41, 5.74) is 1.52. The van der Waals surface area contributed by atoms with Crippen LogP contribution in [0.2, 0.25) is 0 Å². The minimum absolute atomic E-state index is 0.0245. The number of nitriles is 1. The molecule has 0 amide bonds. The van der Waals surface area contributed by atoms with Gasteiger partial charge < -0.3 is 0 Å². The van der Waals surface area contributed by atoms with Gasteiger partial charge >= 0.3 is 0 Å². The topological polar surface area (TPSA) is 79.8 Å². The van der Waals surface area contributed by atoms with Crippen LogP contribution in [0.4, 0.5) is 5.69 Å². The van der Waals surface area contributed by atoms with Crippen LogP contribution in [0.15, 0.2) is 29.6 Å². The van der Waals surface area contributed by atoms with E-state index in [1.165, 1.54) is 23.5 Å². The summed E-state index contributed by atoms with van der Waals surface area (Å²) < 4.78 is 0. The van der Waals surface area contributed by atoms with Crippen LogP contribution in [0, 0.1) is 28.4 Å². The highest BCUT2D eigenvalue weighted by atomic mass is 32.1.